The third-order valence-electron chi connectivity index (χ3n) is 9.49. The highest BCUT2D eigenvalue weighted by Gasteiger charge is 2.32. The maximum Gasteiger partial charge on any atom is 0.146 e. The van der Waals surface area contributed by atoms with Gasteiger partial charge >= 0.3 is 0 Å². The number of fused-ring (bicyclic) bond motifs is 1. The lowest BCUT2D eigenvalue weighted by Crippen LogP contribution is -2.25. The molecule has 250 valence electrons. The van der Waals surface area contributed by atoms with Crippen LogP contribution in [0.1, 0.15) is 35.1 Å². The number of nitrogens with zero attached hydrogens (tertiary/aromatic N) is 1. The Hall–Kier alpha value is -6.46. The van der Waals surface area contributed by atoms with Crippen molar-refractivity contribution in [2.45, 2.75) is 25.6 Å². The van der Waals surface area contributed by atoms with Crippen LogP contribution < -0.4 is 14.4 Å². The van der Waals surface area contributed by atoms with Crippen LogP contribution in [0.15, 0.2) is 191 Å². The molecule has 0 fully saturated rings. The fraction of sp³-hybridized carbons (Fsp3) is 0.0870. The smallest absolute Gasteiger partial charge is 0.146 e. The van der Waals surface area contributed by atoms with Crippen LogP contribution in [0.2, 0.25) is 0 Å². The maximum atomic E-state index is 6.03. The summed E-state index contributed by atoms with van der Waals surface area (Å²) < 4.78 is 23.0. The average molecular weight is 668 g/mol. The topological polar surface area (TPSA) is 48.0 Å². The van der Waals surface area contributed by atoms with Crippen molar-refractivity contribution < 1.29 is 18.3 Å². The Morgan fingerprint density at radius 2 is 0.922 bits per heavy atom. The second kappa shape index (κ2) is 14.2. The van der Waals surface area contributed by atoms with Gasteiger partial charge in [-0.3, -0.25) is 0 Å². The third kappa shape index (κ3) is 6.75. The van der Waals surface area contributed by atoms with Crippen molar-refractivity contribution in [2.24, 2.45) is 0 Å². The number of anilines is 3. The van der Waals surface area contributed by atoms with Crippen LogP contribution in [0.25, 0.3) is 10.8 Å². The minimum Gasteiger partial charge on any atom is -0.486 e. The lowest BCUT2D eigenvalue weighted by atomic mass is 9.71. The third-order valence-corrected chi connectivity index (χ3v) is 9.49. The minimum atomic E-state index is -0.488. The fourth-order valence-electron chi connectivity index (χ4n) is 6.65. The van der Waals surface area contributed by atoms with Crippen molar-refractivity contribution >= 4 is 27.8 Å². The summed E-state index contributed by atoms with van der Waals surface area (Å²) in [6, 6.07) is 58.9. The summed E-state index contributed by atoms with van der Waals surface area (Å²) in [4.78, 5) is 2.31. The number of benzene rings is 6. The van der Waals surface area contributed by atoms with Crippen LogP contribution in [0.5, 0.6) is 11.5 Å². The number of furan rings is 2. The van der Waals surface area contributed by atoms with E-state index in [2.05, 4.69) is 133 Å². The van der Waals surface area contributed by atoms with Gasteiger partial charge in [0.05, 0.1) is 12.5 Å². The Kier molecular flexibility index (Phi) is 8.84. The van der Waals surface area contributed by atoms with Gasteiger partial charge in [-0.05, 0) is 119 Å². The van der Waals surface area contributed by atoms with E-state index in [0.29, 0.717) is 13.2 Å². The molecule has 0 aliphatic carbocycles. The van der Waals surface area contributed by atoms with Crippen molar-refractivity contribution in [3.63, 3.8) is 0 Å². The molecule has 2 aromatic heterocycles. The lowest BCUT2D eigenvalue weighted by molar-refractivity contribution is 0.270. The first-order valence-electron chi connectivity index (χ1n) is 17.1. The zero-order valence-corrected chi connectivity index (χ0v) is 28.3. The highest BCUT2D eigenvalue weighted by Crippen LogP contribution is 2.42. The monoisotopic (exact) mass is 667 g/mol. The molecule has 5 heteroatoms. The van der Waals surface area contributed by atoms with Crippen molar-refractivity contribution in [2.75, 3.05) is 4.90 Å². The summed E-state index contributed by atoms with van der Waals surface area (Å²) in [5.41, 5.74) is 6.22. The summed E-state index contributed by atoms with van der Waals surface area (Å²) in [7, 11) is 0. The van der Waals surface area contributed by atoms with Crippen molar-refractivity contribution in [1.29, 1.82) is 0 Å². The summed E-state index contributed by atoms with van der Waals surface area (Å²) in [5, 5.41) is 2.42. The Morgan fingerprint density at radius 1 is 0.451 bits per heavy atom. The Balaban J connectivity index is 1.15. The SMILES string of the molecule is CC(c1ccc(OCc2ccco2)cc1)(c1ccc(OCc2ccco2)cc1)c1ccc(N(c2ccccc2)c2ccc3ccccc3c2)cc1. The standard InChI is InChI=1S/C46H37NO4/c1-46(37-18-25-42(26-19-37)50-32-44-13-7-29-48-44,38-20-27-43(28-21-38)51-33-45-14-8-30-49-45)36-16-23-40(24-17-36)47(39-11-3-2-4-12-39)41-22-15-34-9-5-6-10-35(34)31-41/h2-31H,32-33H2,1H3. The molecule has 0 saturated carbocycles. The number of rotatable bonds is 12. The van der Waals surface area contributed by atoms with E-state index in [9.17, 15) is 0 Å². The molecule has 0 spiro atoms. The highest BCUT2D eigenvalue weighted by atomic mass is 16.5. The Bertz CT molecular complexity index is 2210. The molecule has 8 rings (SSSR count). The van der Waals surface area contributed by atoms with Gasteiger partial charge in [-0.25, -0.2) is 0 Å². The van der Waals surface area contributed by atoms with Crippen LogP contribution >= 0.6 is 0 Å². The van der Waals surface area contributed by atoms with E-state index >= 15 is 0 Å². The Labute approximate surface area is 297 Å². The van der Waals surface area contributed by atoms with Gasteiger partial charge in [-0.1, -0.05) is 84.9 Å². The zero-order chi connectivity index (χ0) is 34.5. The second-order valence-corrected chi connectivity index (χ2v) is 12.7. The number of para-hydroxylation sites is 1. The van der Waals surface area contributed by atoms with Gasteiger partial charge in [0.2, 0.25) is 0 Å². The summed E-state index contributed by atoms with van der Waals surface area (Å²) in [5.74, 6) is 3.13. The van der Waals surface area contributed by atoms with Crippen molar-refractivity contribution in [3.8, 4) is 11.5 Å². The summed E-state index contributed by atoms with van der Waals surface area (Å²) in [6.45, 7) is 3.02. The van der Waals surface area contributed by atoms with E-state index in [0.717, 1.165) is 56.8 Å². The molecule has 0 amide bonds. The number of hydrogen-bond acceptors (Lipinski definition) is 5. The van der Waals surface area contributed by atoms with Gasteiger partial charge in [0, 0.05) is 22.5 Å². The molecule has 0 radical (unpaired) electrons. The normalized spacial score (nSPS) is 11.4. The van der Waals surface area contributed by atoms with E-state index in [1.165, 1.54) is 10.8 Å². The summed E-state index contributed by atoms with van der Waals surface area (Å²) in [6.07, 6.45) is 3.32. The molecule has 5 nitrogen and oxygen atoms in total. The van der Waals surface area contributed by atoms with Gasteiger partial charge in [0.1, 0.15) is 36.2 Å². The van der Waals surface area contributed by atoms with Crippen LogP contribution in [0.3, 0.4) is 0 Å². The minimum absolute atomic E-state index is 0.375. The van der Waals surface area contributed by atoms with Gasteiger partial charge < -0.3 is 23.2 Å². The molecule has 0 N–H and O–H groups in total. The summed E-state index contributed by atoms with van der Waals surface area (Å²) >= 11 is 0. The first-order chi connectivity index (χ1) is 25.1. The molecular formula is C46H37NO4. The second-order valence-electron chi connectivity index (χ2n) is 12.7. The van der Waals surface area contributed by atoms with Gasteiger partial charge in [0.15, 0.2) is 0 Å². The lowest BCUT2D eigenvalue weighted by Gasteiger charge is -2.33. The Morgan fingerprint density at radius 3 is 1.45 bits per heavy atom. The fourth-order valence-corrected chi connectivity index (χ4v) is 6.65. The van der Waals surface area contributed by atoms with E-state index in [1.54, 1.807) is 12.5 Å². The quantitative estimate of drug-likeness (QED) is 0.121. The van der Waals surface area contributed by atoms with Gasteiger partial charge in [-0.2, -0.15) is 0 Å². The van der Waals surface area contributed by atoms with Crippen LogP contribution in [-0.4, -0.2) is 0 Å². The van der Waals surface area contributed by atoms with E-state index < -0.39 is 5.41 Å². The van der Waals surface area contributed by atoms with Gasteiger partial charge in [-0.15, -0.1) is 0 Å². The molecule has 0 atom stereocenters. The molecular weight excluding hydrogens is 631 g/mol. The van der Waals surface area contributed by atoms with E-state index in [-0.39, 0.29) is 0 Å². The van der Waals surface area contributed by atoms with Crippen LogP contribution in [0.4, 0.5) is 17.1 Å². The van der Waals surface area contributed by atoms with Crippen LogP contribution in [0, 0.1) is 0 Å². The maximum absolute atomic E-state index is 6.03. The molecule has 51 heavy (non-hydrogen) atoms. The highest BCUT2D eigenvalue weighted by molar-refractivity contribution is 5.89. The molecule has 2 heterocycles. The van der Waals surface area contributed by atoms with E-state index in [1.807, 2.05) is 48.5 Å². The van der Waals surface area contributed by atoms with Crippen LogP contribution in [-0.2, 0) is 18.6 Å². The van der Waals surface area contributed by atoms with Crippen molar-refractivity contribution in [3.05, 3.63) is 211 Å². The first kappa shape index (κ1) is 31.8. The molecule has 0 unspecified atom stereocenters. The first-order valence-corrected chi connectivity index (χ1v) is 17.1. The molecule has 8 aromatic rings. The molecule has 0 bridgehead atoms. The predicted octanol–water partition coefficient (Wildman–Crippen LogP) is 12.0. The largest absolute Gasteiger partial charge is 0.486 e. The van der Waals surface area contributed by atoms with Gasteiger partial charge in [0.25, 0.3) is 0 Å². The molecule has 0 saturated heterocycles. The van der Waals surface area contributed by atoms with E-state index in [4.69, 9.17) is 18.3 Å². The predicted molar refractivity (Wildman–Crippen MR) is 203 cm³/mol. The molecule has 0 aliphatic rings. The molecule has 6 aromatic carbocycles. The zero-order valence-electron chi connectivity index (χ0n) is 28.3. The number of hydrogen-bond donors (Lipinski definition) is 0. The number of ether oxygens (including phenoxy) is 2. The molecule has 0 aliphatic heterocycles. The van der Waals surface area contributed by atoms with Crippen molar-refractivity contribution in [1.82, 2.24) is 0 Å². The average Bonchev–Trinajstić information content (AvgIpc) is 3.93.